The second kappa shape index (κ2) is 11.1. The zero-order valence-electron chi connectivity index (χ0n) is 19.8. The number of nitrogens with zero attached hydrogens (tertiary/aromatic N) is 1. The number of amides is 2. The lowest BCUT2D eigenvalue weighted by Gasteiger charge is -2.25. The predicted molar refractivity (Wildman–Crippen MR) is 149 cm³/mol. The van der Waals surface area contributed by atoms with Crippen molar-refractivity contribution in [3.05, 3.63) is 126 Å². The van der Waals surface area contributed by atoms with E-state index in [1.54, 1.807) is 6.08 Å². The minimum Gasteiger partial charge on any atom is -0.323 e. The highest BCUT2D eigenvalue weighted by Crippen LogP contribution is 2.36. The molecule has 0 aromatic heterocycles. The van der Waals surface area contributed by atoms with Crippen LogP contribution < -0.4 is 10.2 Å². The van der Waals surface area contributed by atoms with Crippen molar-refractivity contribution in [3.8, 4) is 0 Å². The molecule has 4 aromatic carbocycles. The summed E-state index contributed by atoms with van der Waals surface area (Å²) in [4.78, 5) is 28.6. The minimum absolute atomic E-state index is 0.0465. The minimum atomic E-state index is -0.187. The Morgan fingerprint density at radius 3 is 1.97 bits per heavy atom. The first-order chi connectivity index (χ1) is 17.7. The topological polar surface area (TPSA) is 49.4 Å². The van der Waals surface area contributed by atoms with Crippen LogP contribution in [-0.4, -0.2) is 17.6 Å². The molecule has 5 rings (SSSR count). The number of fused-ring (bicyclic) bond motifs is 2. The molecule has 1 N–H and O–H groups in total. The molecule has 2 amide bonds. The fourth-order valence-corrected chi connectivity index (χ4v) is 5.06. The third-order valence-electron chi connectivity index (χ3n) is 6.09. The number of nitrogens with one attached hydrogen (secondary N) is 1. The number of rotatable bonds is 6. The summed E-state index contributed by atoms with van der Waals surface area (Å²) in [6.45, 7) is 0. The Balaban J connectivity index is 1.24. The summed E-state index contributed by atoms with van der Waals surface area (Å²) in [5.74, 6) is 0.173. The van der Waals surface area contributed by atoms with Crippen molar-refractivity contribution in [2.24, 2.45) is 0 Å². The van der Waals surface area contributed by atoms with Gasteiger partial charge in [0.05, 0.1) is 17.1 Å². The van der Waals surface area contributed by atoms with Crippen LogP contribution in [0.4, 0.5) is 17.1 Å². The third-order valence-corrected chi connectivity index (χ3v) is 7.09. The zero-order chi connectivity index (χ0) is 24.7. The number of hydrogen-bond acceptors (Lipinski definition) is 3. The number of para-hydroxylation sites is 2. The van der Waals surface area contributed by atoms with E-state index in [9.17, 15) is 9.59 Å². The average molecular weight is 491 g/mol. The Kier molecular flexibility index (Phi) is 7.29. The molecule has 4 aromatic rings. The zero-order valence-corrected chi connectivity index (χ0v) is 20.6. The van der Waals surface area contributed by atoms with Gasteiger partial charge in [-0.05, 0) is 72.0 Å². The predicted octanol–water partition coefficient (Wildman–Crippen LogP) is 6.89. The van der Waals surface area contributed by atoms with Crippen LogP contribution in [0.2, 0.25) is 0 Å². The van der Waals surface area contributed by atoms with E-state index < -0.39 is 0 Å². The van der Waals surface area contributed by atoms with Gasteiger partial charge in [-0.2, -0.15) is 0 Å². The van der Waals surface area contributed by atoms with Crippen LogP contribution in [0.1, 0.15) is 16.7 Å². The highest BCUT2D eigenvalue weighted by molar-refractivity contribution is 8.00. The molecule has 0 aliphatic carbocycles. The van der Waals surface area contributed by atoms with E-state index in [1.165, 1.54) is 29.0 Å². The van der Waals surface area contributed by atoms with Gasteiger partial charge in [0.2, 0.25) is 11.8 Å². The number of carbonyl (C=O) groups is 2. The van der Waals surface area contributed by atoms with Crippen molar-refractivity contribution in [1.29, 1.82) is 0 Å². The average Bonchev–Trinajstić information content (AvgIpc) is 3.09. The molecule has 1 heterocycles. The normalized spacial score (nSPS) is 12.5. The smallest absolute Gasteiger partial charge is 0.248 e. The molecule has 0 unspecified atom stereocenters. The van der Waals surface area contributed by atoms with Crippen molar-refractivity contribution < 1.29 is 9.59 Å². The van der Waals surface area contributed by atoms with Gasteiger partial charge in [0.15, 0.2) is 0 Å². The van der Waals surface area contributed by atoms with Crippen LogP contribution in [0.15, 0.2) is 114 Å². The Hall–Kier alpha value is -4.09. The lowest BCUT2D eigenvalue weighted by atomic mass is 10.0. The first-order valence-corrected chi connectivity index (χ1v) is 12.9. The summed E-state index contributed by atoms with van der Waals surface area (Å²) in [5, 5.41) is 2.87. The van der Waals surface area contributed by atoms with Crippen LogP contribution in [-0.2, 0) is 22.4 Å². The summed E-state index contributed by atoms with van der Waals surface area (Å²) in [6, 6.07) is 33.6. The van der Waals surface area contributed by atoms with E-state index in [-0.39, 0.29) is 11.8 Å². The molecule has 1 aliphatic heterocycles. The van der Waals surface area contributed by atoms with Crippen molar-refractivity contribution in [2.75, 3.05) is 16.0 Å². The number of hydrogen-bond donors (Lipinski definition) is 1. The summed E-state index contributed by atoms with van der Waals surface area (Å²) < 4.78 is 0. The molecule has 0 radical (unpaired) electrons. The Morgan fingerprint density at radius 1 is 0.750 bits per heavy atom. The van der Waals surface area contributed by atoms with Crippen molar-refractivity contribution in [2.45, 2.75) is 17.7 Å². The van der Waals surface area contributed by atoms with Gasteiger partial charge >= 0.3 is 0 Å². The van der Waals surface area contributed by atoms with Crippen molar-refractivity contribution >= 4 is 46.7 Å². The summed E-state index contributed by atoms with van der Waals surface area (Å²) in [5.41, 5.74) is 5.99. The second-order valence-electron chi connectivity index (χ2n) is 8.53. The number of carbonyl (C=O) groups excluding carboxylic acids is 2. The fourth-order valence-electron chi connectivity index (χ4n) is 4.31. The van der Waals surface area contributed by atoms with Crippen LogP contribution in [0.25, 0.3) is 6.08 Å². The van der Waals surface area contributed by atoms with Gasteiger partial charge in [0.25, 0.3) is 0 Å². The fraction of sp³-hybridized carbons (Fsp3) is 0.0968. The van der Waals surface area contributed by atoms with Gasteiger partial charge in [0.1, 0.15) is 0 Å². The van der Waals surface area contributed by atoms with E-state index in [4.69, 9.17) is 0 Å². The SMILES string of the molecule is O=C(/C=C/c1ccccc1)Nc1ccc(SCC(=O)N2c3ccccc3CCc3ccccc32)cc1. The van der Waals surface area contributed by atoms with Gasteiger partial charge in [-0.1, -0.05) is 66.7 Å². The maximum atomic E-state index is 13.5. The van der Waals surface area contributed by atoms with Crippen LogP contribution in [0, 0.1) is 0 Å². The van der Waals surface area contributed by atoms with E-state index in [2.05, 4.69) is 17.4 Å². The Labute approximate surface area is 215 Å². The summed E-state index contributed by atoms with van der Waals surface area (Å²) in [7, 11) is 0. The molecule has 178 valence electrons. The Bertz CT molecular complexity index is 1350. The molecule has 0 spiro atoms. The molecule has 0 bridgehead atoms. The maximum Gasteiger partial charge on any atom is 0.248 e. The van der Waals surface area contributed by atoms with E-state index in [0.717, 1.165) is 34.7 Å². The van der Waals surface area contributed by atoms with Gasteiger partial charge in [-0.3, -0.25) is 14.5 Å². The van der Waals surface area contributed by atoms with Crippen LogP contribution in [0.3, 0.4) is 0 Å². The summed E-state index contributed by atoms with van der Waals surface area (Å²) in [6.07, 6.45) is 5.13. The molecule has 36 heavy (non-hydrogen) atoms. The monoisotopic (exact) mass is 490 g/mol. The molecule has 0 saturated heterocycles. The molecular formula is C31H26N2O2S. The van der Waals surface area contributed by atoms with Gasteiger partial charge < -0.3 is 5.32 Å². The molecule has 0 fully saturated rings. The highest BCUT2D eigenvalue weighted by atomic mass is 32.2. The molecule has 0 saturated carbocycles. The first kappa shape index (κ1) is 23.6. The second-order valence-corrected chi connectivity index (χ2v) is 9.58. The Morgan fingerprint density at radius 2 is 1.33 bits per heavy atom. The summed E-state index contributed by atoms with van der Waals surface area (Å²) >= 11 is 1.50. The number of thioether (sulfide) groups is 1. The van der Waals surface area contributed by atoms with Crippen molar-refractivity contribution in [3.63, 3.8) is 0 Å². The van der Waals surface area contributed by atoms with E-state index in [1.807, 2.05) is 95.9 Å². The largest absolute Gasteiger partial charge is 0.323 e. The van der Waals surface area contributed by atoms with Crippen LogP contribution in [0.5, 0.6) is 0 Å². The van der Waals surface area contributed by atoms with Crippen molar-refractivity contribution in [1.82, 2.24) is 0 Å². The highest BCUT2D eigenvalue weighted by Gasteiger charge is 2.25. The lowest BCUT2D eigenvalue weighted by Crippen LogP contribution is -2.28. The molecule has 5 heteroatoms. The van der Waals surface area contributed by atoms with Gasteiger partial charge in [0, 0.05) is 16.7 Å². The van der Waals surface area contributed by atoms with E-state index >= 15 is 0 Å². The standard InChI is InChI=1S/C31H26N2O2S/c34-30(21-14-23-8-2-1-3-9-23)32-26-17-19-27(20-18-26)36-22-31(35)33-28-12-6-4-10-24(28)15-16-25-11-5-7-13-29(25)33/h1-14,17-21H,15-16,22H2,(H,32,34)/b21-14+. The third kappa shape index (κ3) is 5.58. The van der Waals surface area contributed by atoms with E-state index in [0.29, 0.717) is 11.4 Å². The quantitative estimate of drug-likeness (QED) is 0.236. The number of anilines is 3. The number of aryl methyl sites for hydroxylation is 2. The van der Waals surface area contributed by atoms with Gasteiger partial charge in [-0.25, -0.2) is 0 Å². The van der Waals surface area contributed by atoms with Gasteiger partial charge in [-0.15, -0.1) is 11.8 Å². The maximum absolute atomic E-state index is 13.5. The molecule has 1 aliphatic rings. The first-order valence-electron chi connectivity index (χ1n) is 11.9. The lowest BCUT2D eigenvalue weighted by molar-refractivity contribution is -0.115. The number of benzene rings is 4. The molecule has 4 nitrogen and oxygen atoms in total. The molecular weight excluding hydrogens is 464 g/mol. The van der Waals surface area contributed by atoms with Crippen LogP contribution >= 0.6 is 11.8 Å². The molecule has 0 atom stereocenters.